The molecule has 1 saturated heterocycles. The number of nitrogens with zero attached hydrogens (tertiary/aromatic N) is 2. The third kappa shape index (κ3) is 3.75. The monoisotopic (exact) mass is 423 g/mol. The number of thiazole rings is 1. The summed E-state index contributed by atoms with van der Waals surface area (Å²) in [5.74, 6) is 0.767. The van der Waals surface area contributed by atoms with Crippen LogP contribution in [0.25, 0.3) is 10.2 Å². The second kappa shape index (κ2) is 8.24. The number of hydrogen-bond acceptors (Lipinski definition) is 6. The fraction of sp³-hybridized carbons (Fsp3) is 0.391. The maximum atomic E-state index is 12.7. The highest BCUT2D eigenvalue weighted by Gasteiger charge is 2.27. The summed E-state index contributed by atoms with van der Waals surface area (Å²) < 4.78 is 12.3. The molecular formula is C23H25N3O3S. The molecule has 2 aliphatic rings. The molecule has 2 aliphatic heterocycles. The van der Waals surface area contributed by atoms with Crippen LogP contribution in [0.15, 0.2) is 36.4 Å². The van der Waals surface area contributed by atoms with Crippen LogP contribution in [0.5, 0.6) is 5.75 Å². The molecule has 0 bridgehead atoms. The molecule has 1 unspecified atom stereocenters. The van der Waals surface area contributed by atoms with Gasteiger partial charge in [0.15, 0.2) is 5.13 Å². The lowest BCUT2D eigenvalue weighted by Gasteiger charge is -2.23. The van der Waals surface area contributed by atoms with Gasteiger partial charge in [-0.15, -0.1) is 0 Å². The fourth-order valence-corrected chi connectivity index (χ4v) is 5.21. The first kappa shape index (κ1) is 19.3. The highest BCUT2D eigenvalue weighted by molar-refractivity contribution is 7.22. The third-order valence-corrected chi connectivity index (χ3v) is 6.80. The second-order valence-electron chi connectivity index (χ2n) is 7.70. The van der Waals surface area contributed by atoms with Crippen molar-refractivity contribution in [3.8, 4) is 5.75 Å². The summed E-state index contributed by atoms with van der Waals surface area (Å²) in [5, 5.41) is 4.04. The highest BCUT2D eigenvalue weighted by Crippen LogP contribution is 2.34. The first-order valence-electron chi connectivity index (χ1n) is 10.5. The molecule has 0 radical (unpaired) electrons. The number of benzene rings is 2. The van der Waals surface area contributed by atoms with Gasteiger partial charge in [-0.1, -0.05) is 11.3 Å². The van der Waals surface area contributed by atoms with E-state index in [1.807, 2.05) is 43.3 Å². The number of carbonyl (C=O) groups is 1. The van der Waals surface area contributed by atoms with E-state index in [0.29, 0.717) is 18.2 Å². The van der Waals surface area contributed by atoms with Gasteiger partial charge >= 0.3 is 0 Å². The van der Waals surface area contributed by atoms with Crippen LogP contribution in [0.2, 0.25) is 0 Å². The standard InChI is InChI=1S/C23H25N3O3S/c1-2-28-14-18-4-3-10-26(18)23-25-19-13-17(6-8-21(19)30-23)24-22(27)16-5-7-20-15(12-16)9-11-29-20/h5-8,12-13,18H,2-4,9-11,14H2,1H3,(H,24,27). The second-order valence-corrected chi connectivity index (χ2v) is 8.71. The average molecular weight is 424 g/mol. The minimum atomic E-state index is -0.115. The van der Waals surface area contributed by atoms with Crippen molar-refractivity contribution >= 4 is 38.3 Å². The number of carbonyl (C=O) groups excluding carboxylic acids is 1. The average Bonchev–Trinajstić information content (AvgIpc) is 3.49. The lowest BCUT2D eigenvalue weighted by molar-refractivity contribution is 0.102. The van der Waals surface area contributed by atoms with Crippen molar-refractivity contribution < 1.29 is 14.3 Å². The lowest BCUT2D eigenvalue weighted by atomic mass is 10.1. The lowest BCUT2D eigenvalue weighted by Crippen LogP contribution is -2.33. The number of anilines is 2. The summed E-state index contributed by atoms with van der Waals surface area (Å²) in [4.78, 5) is 19.9. The normalized spacial score (nSPS) is 17.9. The zero-order chi connectivity index (χ0) is 20.5. The Labute approximate surface area is 179 Å². The van der Waals surface area contributed by atoms with Crippen LogP contribution >= 0.6 is 11.3 Å². The number of nitrogens with one attached hydrogen (secondary N) is 1. The van der Waals surface area contributed by atoms with Gasteiger partial charge in [-0.05, 0) is 61.7 Å². The zero-order valence-corrected chi connectivity index (χ0v) is 17.8. The van der Waals surface area contributed by atoms with E-state index >= 15 is 0 Å². The molecule has 1 fully saturated rings. The van der Waals surface area contributed by atoms with E-state index < -0.39 is 0 Å². The molecule has 3 heterocycles. The van der Waals surface area contributed by atoms with Crippen molar-refractivity contribution in [1.82, 2.24) is 4.98 Å². The summed E-state index contributed by atoms with van der Waals surface area (Å²) in [6.07, 6.45) is 3.16. The molecule has 1 N–H and O–H groups in total. The Morgan fingerprint density at radius 1 is 1.33 bits per heavy atom. The van der Waals surface area contributed by atoms with Crippen LogP contribution in [0.4, 0.5) is 10.8 Å². The number of aromatic nitrogens is 1. The summed E-state index contributed by atoms with van der Waals surface area (Å²) in [6.45, 7) is 5.22. The molecule has 7 heteroatoms. The molecule has 156 valence electrons. The van der Waals surface area contributed by atoms with E-state index in [4.69, 9.17) is 14.5 Å². The molecule has 1 amide bonds. The van der Waals surface area contributed by atoms with E-state index in [9.17, 15) is 4.79 Å². The summed E-state index contributed by atoms with van der Waals surface area (Å²) >= 11 is 1.70. The smallest absolute Gasteiger partial charge is 0.255 e. The first-order valence-corrected chi connectivity index (χ1v) is 11.3. The van der Waals surface area contributed by atoms with Crippen LogP contribution in [0.1, 0.15) is 35.7 Å². The Bertz CT molecular complexity index is 1080. The number of ether oxygens (including phenoxy) is 2. The number of fused-ring (bicyclic) bond motifs is 2. The number of amides is 1. The van der Waals surface area contributed by atoms with Gasteiger partial charge in [0.1, 0.15) is 5.75 Å². The highest BCUT2D eigenvalue weighted by atomic mass is 32.1. The summed E-state index contributed by atoms with van der Waals surface area (Å²) in [6, 6.07) is 11.9. The predicted molar refractivity (Wildman–Crippen MR) is 120 cm³/mol. The maximum absolute atomic E-state index is 12.7. The van der Waals surface area contributed by atoms with Crippen molar-refractivity contribution in [2.24, 2.45) is 0 Å². The Morgan fingerprint density at radius 3 is 3.17 bits per heavy atom. The molecule has 0 spiro atoms. The van der Waals surface area contributed by atoms with Crippen LogP contribution in [-0.2, 0) is 11.2 Å². The summed E-state index contributed by atoms with van der Waals surface area (Å²) in [5.41, 5.74) is 3.41. The first-order chi connectivity index (χ1) is 14.7. The quantitative estimate of drug-likeness (QED) is 0.633. The molecule has 1 aromatic heterocycles. The van der Waals surface area contributed by atoms with Gasteiger partial charge in [0.05, 0.1) is 29.5 Å². The molecule has 2 aromatic carbocycles. The zero-order valence-electron chi connectivity index (χ0n) is 17.0. The molecule has 30 heavy (non-hydrogen) atoms. The number of hydrogen-bond donors (Lipinski definition) is 1. The molecule has 3 aromatic rings. The fourth-order valence-electron chi connectivity index (χ4n) is 4.16. The van der Waals surface area contributed by atoms with Crippen molar-refractivity contribution in [1.29, 1.82) is 0 Å². The van der Waals surface area contributed by atoms with E-state index in [-0.39, 0.29) is 5.91 Å². The minimum Gasteiger partial charge on any atom is -0.493 e. The third-order valence-electron chi connectivity index (χ3n) is 5.72. The molecule has 6 nitrogen and oxygen atoms in total. The van der Waals surface area contributed by atoms with Crippen molar-refractivity contribution in [3.63, 3.8) is 0 Å². The Hall–Kier alpha value is -2.64. The Balaban J connectivity index is 1.33. The van der Waals surface area contributed by atoms with E-state index in [1.165, 1.54) is 6.42 Å². The van der Waals surface area contributed by atoms with E-state index in [1.54, 1.807) is 11.3 Å². The van der Waals surface area contributed by atoms with Gasteiger partial charge in [-0.2, -0.15) is 0 Å². The van der Waals surface area contributed by atoms with Crippen LogP contribution in [0, 0.1) is 0 Å². The molecule has 0 saturated carbocycles. The van der Waals surface area contributed by atoms with Crippen LogP contribution in [0.3, 0.4) is 0 Å². The number of rotatable bonds is 6. The van der Waals surface area contributed by atoms with Crippen LogP contribution in [-0.4, -0.2) is 43.3 Å². The summed E-state index contributed by atoms with van der Waals surface area (Å²) in [7, 11) is 0. The van der Waals surface area contributed by atoms with E-state index in [2.05, 4.69) is 10.2 Å². The van der Waals surface area contributed by atoms with Gasteiger partial charge in [0.25, 0.3) is 5.91 Å². The van der Waals surface area contributed by atoms with Crippen molar-refractivity contribution in [3.05, 3.63) is 47.5 Å². The maximum Gasteiger partial charge on any atom is 0.255 e. The minimum absolute atomic E-state index is 0.115. The van der Waals surface area contributed by atoms with Gasteiger partial charge in [0, 0.05) is 30.8 Å². The molecule has 5 rings (SSSR count). The Kier molecular flexibility index (Phi) is 5.31. The van der Waals surface area contributed by atoms with E-state index in [0.717, 1.165) is 64.9 Å². The SMILES string of the molecule is CCOCC1CCCN1c1nc2cc(NC(=O)c3ccc4c(c3)CCO4)ccc2s1. The van der Waals surface area contributed by atoms with Gasteiger partial charge in [0.2, 0.25) is 0 Å². The van der Waals surface area contributed by atoms with Crippen molar-refractivity contribution in [2.75, 3.05) is 36.6 Å². The molecule has 1 atom stereocenters. The van der Waals surface area contributed by atoms with Crippen LogP contribution < -0.4 is 15.0 Å². The van der Waals surface area contributed by atoms with Gasteiger partial charge < -0.3 is 19.7 Å². The predicted octanol–water partition coefficient (Wildman–Crippen LogP) is 4.49. The Morgan fingerprint density at radius 2 is 2.27 bits per heavy atom. The topological polar surface area (TPSA) is 63.7 Å². The van der Waals surface area contributed by atoms with Gasteiger partial charge in [-0.25, -0.2) is 4.98 Å². The molecule has 0 aliphatic carbocycles. The largest absolute Gasteiger partial charge is 0.493 e. The molecular weight excluding hydrogens is 398 g/mol. The van der Waals surface area contributed by atoms with Gasteiger partial charge in [-0.3, -0.25) is 4.79 Å². The van der Waals surface area contributed by atoms with Crippen molar-refractivity contribution in [2.45, 2.75) is 32.2 Å².